The first-order chi connectivity index (χ1) is 16.4. The third-order valence-corrected chi connectivity index (χ3v) is 7.89. The Morgan fingerprint density at radius 1 is 0.941 bits per heavy atom. The number of amides is 1. The summed E-state index contributed by atoms with van der Waals surface area (Å²) in [5.74, 6) is 0.416. The second kappa shape index (κ2) is 10.2. The van der Waals surface area contributed by atoms with Gasteiger partial charge >= 0.3 is 0 Å². The molecule has 8 heteroatoms. The van der Waals surface area contributed by atoms with Gasteiger partial charge in [-0.05, 0) is 54.4 Å². The van der Waals surface area contributed by atoms with Gasteiger partial charge in [0.2, 0.25) is 15.7 Å². The quantitative estimate of drug-likeness (QED) is 0.311. The average molecular weight is 493 g/mol. The summed E-state index contributed by atoms with van der Waals surface area (Å²) in [5.41, 5.74) is 2.58. The zero-order chi connectivity index (χ0) is 24.1. The van der Waals surface area contributed by atoms with Crippen LogP contribution in [0, 0.1) is 0 Å². The average Bonchev–Trinajstić information content (AvgIpc) is 3.32. The van der Waals surface area contributed by atoms with Gasteiger partial charge in [-0.3, -0.25) is 9.69 Å². The molecule has 0 fully saturated rings. The van der Waals surface area contributed by atoms with Gasteiger partial charge in [0, 0.05) is 12.3 Å². The first-order valence-corrected chi connectivity index (χ1v) is 13.1. The van der Waals surface area contributed by atoms with Crippen molar-refractivity contribution in [1.29, 1.82) is 0 Å². The molecule has 4 rings (SSSR count). The van der Waals surface area contributed by atoms with E-state index in [0.717, 1.165) is 17.7 Å². The highest BCUT2D eigenvalue weighted by Gasteiger charge is 2.20. The molecule has 0 aliphatic carbocycles. The van der Waals surface area contributed by atoms with Crippen molar-refractivity contribution in [3.63, 3.8) is 0 Å². The van der Waals surface area contributed by atoms with Gasteiger partial charge in [-0.2, -0.15) is 0 Å². The normalized spacial score (nSPS) is 11.2. The van der Waals surface area contributed by atoms with Gasteiger partial charge in [-0.1, -0.05) is 43.3 Å². The maximum atomic E-state index is 12.7. The van der Waals surface area contributed by atoms with Crippen molar-refractivity contribution in [2.45, 2.75) is 36.7 Å². The molecule has 0 unspecified atom stereocenters. The van der Waals surface area contributed by atoms with Crippen molar-refractivity contribution >= 4 is 37.9 Å². The van der Waals surface area contributed by atoms with Crippen LogP contribution in [0.15, 0.2) is 94.0 Å². The highest BCUT2D eigenvalue weighted by Crippen LogP contribution is 2.32. The molecule has 0 atom stereocenters. The van der Waals surface area contributed by atoms with Gasteiger partial charge in [-0.25, -0.2) is 13.4 Å². The Kier molecular flexibility index (Phi) is 7.09. The van der Waals surface area contributed by atoms with Crippen molar-refractivity contribution in [2.24, 2.45) is 0 Å². The highest BCUT2D eigenvalue weighted by atomic mass is 32.2. The Bertz CT molecular complexity index is 1380. The largest absolute Gasteiger partial charge is 0.487 e. The number of para-hydroxylation sites is 1. The fraction of sp³-hybridized carbons (Fsp3) is 0.154. The lowest BCUT2D eigenvalue weighted by Crippen LogP contribution is -2.23. The van der Waals surface area contributed by atoms with Crippen LogP contribution in [0.4, 0.5) is 10.8 Å². The maximum absolute atomic E-state index is 12.7. The minimum absolute atomic E-state index is 0.113. The lowest BCUT2D eigenvalue weighted by molar-refractivity contribution is -0.115. The maximum Gasteiger partial charge on any atom is 0.230 e. The Hall–Kier alpha value is -3.49. The molecule has 4 aromatic rings. The number of nitrogens with zero attached hydrogens (tertiary/aromatic N) is 2. The van der Waals surface area contributed by atoms with Gasteiger partial charge in [0.05, 0.1) is 21.2 Å². The van der Waals surface area contributed by atoms with Crippen LogP contribution < -0.4 is 9.64 Å². The zero-order valence-corrected chi connectivity index (χ0v) is 20.5. The number of aromatic nitrogens is 1. The number of benzene rings is 3. The minimum Gasteiger partial charge on any atom is -0.487 e. The third-order valence-electron chi connectivity index (χ3n) is 5.23. The molecule has 0 bridgehead atoms. The molecule has 0 aliphatic heterocycles. The second-order valence-corrected chi connectivity index (χ2v) is 10.3. The Morgan fingerprint density at radius 2 is 1.59 bits per heavy atom. The van der Waals surface area contributed by atoms with Gasteiger partial charge in [0.25, 0.3) is 0 Å². The van der Waals surface area contributed by atoms with Crippen LogP contribution in [-0.4, -0.2) is 19.3 Å². The van der Waals surface area contributed by atoms with Crippen molar-refractivity contribution < 1.29 is 17.9 Å². The summed E-state index contributed by atoms with van der Waals surface area (Å²) < 4.78 is 31.3. The van der Waals surface area contributed by atoms with Gasteiger partial charge in [0.1, 0.15) is 12.4 Å². The summed E-state index contributed by atoms with van der Waals surface area (Å²) in [6.07, 6.45) is 0.803. The topological polar surface area (TPSA) is 76.6 Å². The van der Waals surface area contributed by atoms with Crippen molar-refractivity contribution in [3.8, 4) is 5.75 Å². The van der Waals surface area contributed by atoms with E-state index in [1.54, 1.807) is 47.4 Å². The lowest BCUT2D eigenvalue weighted by Gasteiger charge is -2.20. The molecule has 0 saturated heterocycles. The molecule has 1 aromatic heterocycles. The van der Waals surface area contributed by atoms with Crippen LogP contribution in [0.5, 0.6) is 5.75 Å². The number of hydrogen-bond acceptors (Lipinski definition) is 6. The summed E-state index contributed by atoms with van der Waals surface area (Å²) in [7, 11) is -3.57. The predicted molar refractivity (Wildman–Crippen MR) is 133 cm³/mol. The number of carbonyl (C=O) groups is 1. The van der Waals surface area contributed by atoms with Gasteiger partial charge in [0.15, 0.2) is 5.13 Å². The highest BCUT2D eigenvalue weighted by molar-refractivity contribution is 7.91. The number of anilines is 2. The van der Waals surface area contributed by atoms with Crippen LogP contribution in [-0.2, 0) is 27.7 Å². The molecule has 6 nitrogen and oxygen atoms in total. The number of aryl methyl sites for hydroxylation is 1. The summed E-state index contributed by atoms with van der Waals surface area (Å²) in [5, 5.41) is 2.44. The number of rotatable bonds is 8. The molecular formula is C26H24N2O4S2. The number of ether oxygens (including phenoxy) is 1. The van der Waals surface area contributed by atoms with E-state index in [2.05, 4.69) is 11.9 Å². The number of carbonyl (C=O) groups excluding carboxylic acids is 1. The molecular weight excluding hydrogens is 468 g/mol. The van der Waals surface area contributed by atoms with E-state index in [1.807, 2.05) is 29.6 Å². The molecule has 1 heterocycles. The van der Waals surface area contributed by atoms with Crippen LogP contribution in [0.2, 0.25) is 0 Å². The van der Waals surface area contributed by atoms with E-state index in [4.69, 9.17) is 4.74 Å². The van der Waals surface area contributed by atoms with E-state index in [1.165, 1.54) is 30.4 Å². The summed E-state index contributed by atoms with van der Waals surface area (Å²) in [6.45, 7) is 3.77. The molecule has 1 amide bonds. The van der Waals surface area contributed by atoms with Gasteiger partial charge in [-0.15, -0.1) is 11.3 Å². The van der Waals surface area contributed by atoms with E-state index in [9.17, 15) is 13.2 Å². The standard InChI is InChI=1S/C26H24N2O4S2/c1-3-20-9-7-8-12-25(20)28(19(2)29)26-27-21(18-33-26)17-32-22-13-15-24(16-14-22)34(30,31)23-10-5-4-6-11-23/h4-16,18H,3,17H2,1-2H3. The SMILES string of the molecule is CCc1ccccc1N(C(C)=O)c1nc(COc2ccc(S(=O)(=O)c3ccccc3)cc2)cs1. The smallest absolute Gasteiger partial charge is 0.230 e. The van der Waals surface area contributed by atoms with Crippen LogP contribution in [0.25, 0.3) is 0 Å². The minimum atomic E-state index is -3.57. The first-order valence-electron chi connectivity index (χ1n) is 10.8. The summed E-state index contributed by atoms with van der Waals surface area (Å²) in [4.78, 5) is 19.1. The second-order valence-electron chi connectivity index (χ2n) is 7.53. The van der Waals surface area contributed by atoms with E-state index >= 15 is 0 Å². The van der Waals surface area contributed by atoms with Crippen molar-refractivity contribution in [2.75, 3.05) is 4.90 Å². The fourth-order valence-corrected chi connectivity index (χ4v) is 5.66. The number of hydrogen-bond donors (Lipinski definition) is 0. The summed E-state index contributed by atoms with van der Waals surface area (Å²) >= 11 is 1.37. The molecule has 174 valence electrons. The molecule has 0 N–H and O–H groups in total. The molecule has 0 saturated carbocycles. The first kappa shape index (κ1) is 23.7. The zero-order valence-electron chi connectivity index (χ0n) is 18.8. The number of thiazole rings is 1. The lowest BCUT2D eigenvalue weighted by atomic mass is 10.1. The van der Waals surface area contributed by atoms with E-state index in [0.29, 0.717) is 16.6 Å². The Labute approximate surface area is 203 Å². The Balaban J connectivity index is 1.47. The molecule has 0 radical (unpaired) electrons. The van der Waals surface area contributed by atoms with E-state index in [-0.39, 0.29) is 22.3 Å². The van der Waals surface area contributed by atoms with Gasteiger partial charge < -0.3 is 4.74 Å². The van der Waals surface area contributed by atoms with Crippen molar-refractivity contribution in [1.82, 2.24) is 4.98 Å². The van der Waals surface area contributed by atoms with Crippen LogP contribution >= 0.6 is 11.3 Å². The van der Waals surface area contributed by atoms with Crippen LogP contribution in [0.1, 0.15) is 25.1 Å². The molecule has 0 aliphatic rings. The molecule has 3 aromatic carbocycles. The van der Waals surface area contributed by atoms with E-state index < -0.39 is 9.84 Å². The molecule has 34 heavy (non-hydrogen) atoms. The number of sulfone groups is 1. The summed E-state index contributed by atoms with van der Waals surface area (Å²) in [6, 6.07) is 22.4. The molecule has 0 spiro atoms. The predicted octanol–water partition coefficient (Wildman–Crippen LogP) is 5.80. The monoisotopic (exact) mass is 492 g/mol. The fourth-order valence-electron chi connectivity index (χ4n) is 3.51. The van der Waals surface area contributed by atoms with Crippen molar-refractivity contribution in [3.05, 3.63) is 95.5 Å². The van der Waals surface area contributed by atoms with Crippen LogP contribution in [0.3, 0.4) is 0 Å². The third kappa shape index (κ3) is 5.03. The Morgan fingerprint density at radius 3 is 2.26 bits per heavy atom.